The number of oxime groups is 1. The van der Waals surface area contributed by atoms with Crippen LogP contribution in [0, 0.1) is 0 Å². The Hall–Kier alpha value is -3.26. The molecule has 9 heteroatoms. The van der Waals surface area contributed by atoms with Crippen LogP contribution >= 0.6 is 11.6 Å². The average Bonchev–Trinajstić information content (AvgIpc) is 3.27. The lowest BCUT2D eigenvalue weighted by Crippen LogP contribution is -2.40. The van der Waals surface area contributed by atoms with E-state index in [0.29, 0.717) is 39.2 Å². The maximum absolute atomic E-state index is 13.2. The van der Waals surface area contributed by atoms with Crippen molar-refractivity contribution in [1.82, 2.24) is 0 Å². The van der Waals surface area contributed by atoms with Crippen LogP contribution in [-0.2, 0) is 14.4 Å². The summed E-state index contributed by atoms with van der Waals surface area (Å²) in [5.41, 5.74) is 0.0675. The van der Waals surface area contributed by atoms with E-state index in [1.165, 1.54) is 21.3 Å². The molecule has 2 aromatic rings. The summed E-state index contributed by atoms with van der Waals surface area (Å²) in [6, 6.07) is 10.0. The number of halogens is 1. The van der Waals surface area contributed by atoms with Gasteiger partial charge in [-0.2, -0.15) is 0 Å². The number of imide groups is 1. The molecule has 1 saturated heterocycles. The van der Waals surface area contributed by atoms with Crippen molar-refractivity contribution in [2.24, 2.45) is 5.16 Å². The Kier molecular flexibility index (Phi) is 5.03. The van der Waals surface area contributed by atoms with Gasteiger partial charge in [0.25, 0.3) is 5.91 Å². The van der Waals surface area contributed by atoms with Crippen LogP contribution < -0.4 is 19.1 Å². The number of hydrogen-bond donors (Lipinski definition) is 0. The highest BCUT2D eigenvalue weighted by Crippen LogP contribution is 2.44. The van der Waals surface area contributed by atoms with Crippen LogP contribution in [0.3, 0.4) is 0 Å². The van der Waals surface area contributed by atoms with E-state index >= 15 is 0 Å². The Morgan fingerprint density at radius 1 is 1.03 bits per heavy atom. The lowest BCUT2D eigenvalue weighted by atomic mass is 9.92. The van der Waals surface area contributed by atoms with Gasteiger partial charge in [0.2, 0.25) is 17.3 Å². The normalized spacial score (nSPS) is 20.4. The number of ether oxygens (including phenoxy) is 3. The van der Waals surface area contributed by atoms with Gasteiger partial charge >= 0.3 is 0 Å². The molecule has 1 spiro atoms. The van der Waals surface area contributed by atoms with Gasteiger partial charge in [-0.3, -0.25) is 9.59 Å². The number of amides is 2. The predicted octanol–water partition coefficient (Wildman–Crippen LogP) is 3.19. The summed E-state index contributed by atoms with van der Waals surface area (Å²) in [6.07, 6.45) is -0.0125. The SMILES string of the molecule is COc1ccc(C2=NO[C@]3(CC(=O)N(c4cccc(Cl)c4)C3=O)C2)c(OC)c1OC. The fourth-order valence-electron chi connectivity index (χ4n) is 3.75. The zero-order valence-electron chi connectivity index (χ0n) is 16.6. The first kappa shape index (κ1) is 20.0. The van der Waals surface area contributed by atoms with Gasteiger partial charge in [0, 0.05) is 17.0 Å². The minimum absolute atomic E-state index is 0.112. The molecule has 8 nitrogen and oxygen atoms in total. The largest absolute Gasteiger partial charge is 0.493 e. The lowest BCUT2D eigenvalue weighted by molar-refractivity contribution is -0.136. The van der Waals surface area contributed by atoms with E-state index in [1.807, 2.05) is 0 Å². The number of methoxy groups -OCH3 is 3. The first-order chi connectivity index (χ1) is 14.4. The number of carbonyl (C=O) groups excluding carboxylic acids is 2. The van der Waals surface area contributed by atoms with Gasteiger partial charge in [-0.05, 0) is 30.3 Å². The molecule has 2 heterocycles. The molecule has 0 bridgehead atoms. The number of hydrogen-bond acceptors (Lipinski definition) is 7. The third kappa shape index (κ3) is 3.04. The Morgan fingerprint density at radius 2 is 1.80 bits per heavy atom. The summed E-state index contributed by atoms with van der Waals surface area (Å²) >= 11 is 6.02. The van der Waals surface area contributed by atoms with E-state index in [-0.39, 0.29) is 18.7 Å². The molecule has 2 aliphatic heterocycles. The topological polar surface area (TPSA) is 86.7 Å². The number of benzene rings is 2. The fourth-order valence-corrected chi connectivity index (χ4v) is 3.94. The summed E-state index contributed by atoms with van der Waals surface area (Å²) < 4.78 is 16.2. The second-order valence-electron chi connectivity index (χ2n) is 6.87. The highest BCUT2D eigenvalue weighted by Gasteiger charge is 2.58. The van der Waals surface area contributed by atoms with Crippen molar-refractivity contribution in [1.29, 1.82) is 0 Å². The van der Waals surface area contributed by atoms with Crippen molar-refractivity contribution in [3.63, 3.8) is 0 Å². The number of nitrogens with zero attached hydrogens (tertiary/aromatic N) is 2. The first-order valence-corrected chi connectivity index (χ1v) is 9.49. The molecule has 0 unspecified atom stereocenters. The van der Waals surface area contributed by atoms with E-state index in [1.54, 1.807) is 36.4 Å². The minimum atomic E-state index is -1.40. The molecule has 0 saturated carbocycles. The summed E-state index contributed by atoms with van der Waals surface area (Å²) in [5.74, 6) is 0.438. The number of anilines is 1. The molecule has 156 valence electrons. The van der Waals surface area contributed by atoms with E-state index < -0.39 is 11.5 Å². The van der Waals surface area contributed by atoms with E-state index in [0.717, 1.165) is 4.90 Å². The summed E-state index contributed by atoms with van der Waals surface area (Å²) in [7, 11) is 4.52. The Morgan fingerprint density at radius 3 is 2.47 bits per heavy atom. The molecule has 2 aromatic carbocycles. The van der Waals surface area contributed by atoms with Crippen LogP contribution in [0.15, 0.2) is 41.6 Å². The van der Waals surface area contributed by atoms with Crippen LogP contribution in [0.5, 0.6) is 17.2 Å². The van der Waals surface area contributed by atoms with Crippen LogP contribution in [0.1, 0.15) is 18.4 Å². The van der Waals surface area contributed by atoms with Crippen molar-refractivity contribution < 1.29 is 28.6 Å². The number of carbonyl (C=O) groups is 2. The van der Waals surface area contributed by atoms with Gasteiger partial charge in [-0.1, -0.05) is 22.8 Å². The van der Waals surface area contributed by atoms with Gasteiger partial charge in [0.1, 0.15) is 0 Å². The maximum atomic E-state index is 13.2. The van der Waals surface area contributed by atoms with Crippen LogP contribution in [0.2, 0.25) is 5.02 Å². The highest BCUT2D eigenvalue weighted by atomic mass is 35.5. The molecular formula is C21H19ClN2O6. The molecule has 4 rings (SSSR count). The Bertz CT molecular complexity index is 1070. The number of rotatable bonds is 5. The Labute approximate surface area is 177 Å². The quantitative estimate of drug-likeness (QED) is 0.677. The van der Waals surface area contributed by atoms with Gasteiger partial charge in [-0.25, -0.2) is 4.90 Å². The molecule has 0 radical (unpaired) electrons. The zero-order chi connectivity index (χ0) is 21.5. The standard InChI is InChI=1S/C21H19ClN2O6/c1-27-16-8-7-14(18(28-2)19(16)29-3)15-10-21(30-23-15)11-17(25)24(20(21)26)13-6-4-5-12(22)9-13/h4-9H,10-11H2,1-3H3/t21-/m0/s1. The smallest absolute Gasteiger partial charge is 0.281 e. The van der Waals surface area contributed by atoms with E-state index in [4.69, 9.17) is 30.6 Å². The predicted molar refractivity (Wildman–Crippen MR) is 110 cm³/mol. The second kappa shape index (κ2) is 7.53. The molecule has 2 aliphatic rings. The second-order valence-corrected chi connectivity index (χ2v) is 7.31. The first-order valence-electron chi connectivity index (χ1n) is 9.11. The lowest BCUT2D eigenvalue weighted by Gasteiger charge is -2.20. The van der Waals surface area contributed by atoms with Crippen LogP contribution in [0.25, 0.3) is 0 Å². The Balaban J connectivity index is 1.66. The zero-order valence-corrected chi connectivity index (χ0v) is 17.4. The fraction of sp³-hybridized carbons (Fsp3) is 0.286. The molecule has 2 amide bonds. The molecule has 1 atom stereocenters. The third-order valence-electron chi connectivity index (χ3n) is 5.14. The molecule has 0 aromatic heterocycles. The summed E-state index contributed by atoms with van der Waals surface area (Å²) in [4.78, 5) is 32.5. The van der Waals surface area contributed by atoms with Crippen LogP contribution in [0.4, 0.5) is 5.69 Å². The molecule has 0 aliphatic carbocycles. The molecular weight excluding hydrogens is 412 g/mol. The minimum Gasteiger partial charge on any atom is -0.493 e. The van der Waals surface area contributed by atoms with Gasteiger partial charge in [0.15, 0.2) is 11.5 Å². The van der Waals surface area contributed by atoms with Crippen molar-refractivity contribution in [2.45, 2.75) is 18.4 Å². The van der Waals surface area contributed by atoms with Crippen molar-refractivity contribution >= 4 is 34.8 Å². The van der Waals surface area contributed by atoms with Gasteiger partial charge in [0.05, 0.1) is 39.1 Å². The highest BCUT2D eigenvalue weighted by molar-refractivity contribution is 6.31. The maximum Gasteiger partial charge on any atom is 0.281 e. The average molecular weight is 431 g/mol. The molecule has 30 heavy (non-hydrogen) atoms. The van der Waals surface area contributed by atoms with Crippen molar-refractivity contribution in [2.75, 3.05) is 26.2 Å². The monoisotopic (exact) mass is 430 g/mol. The van der Waals surface area contributed by atoms with Gasteiger partial charge < -0.3 is 19.0 Å². The van der Waals surface area contributed by atoms with Crippen molar-refractivity contribution in [3.05, 3.63) is 47.0 Å². The third-order valence-corrected chi connectivity index (χ3v) is 5.38. The van der Waals surface area contributed by atoms with E-state index in [9.17, 15) is 9.59 Å². The van der Waals surface area contributed by atoms with Crippen molar-refractivity contribution in [3.8, 4) is 17.2 Å². The summed E-state index contributed by atoms with van der Waals surface area (Å²) in [6.45, 7) is 0. The molecule has 0 N–H and O–H groups in total. The molecule has 1 fully saturated rings. The summed E-state index contributed by atoms with van der Waals surface area (Å²) in [5, 5.41) is 4.55. The van der Waals surface area contributed by atoms with Gasteiger partial charge in [-0.15, -0.1) is 0 Å². The van der Waals surface area contributed by atoms with Crippen LogP contribution in [-0.4, -0.2) is 44.5 Å². The van der Waals surface area contributed by atoms with E-state index in [2.05, 4.69) is 5.16 Å².